The van der Waals surface area contributed by atoms with Crippen LogP contribution in [-0.4, -0.2) is 73.0 Å². The molecule has 0 saturated heterocycles. The molecular formula is C22H24Br2N4O4Se2. The van der Waals surface area contributed by atoms with Crippen LogP contribution in [0.1, 0.15) is 11.1 Å². The number of hydrogen-bond acceptors (Lipinski definition) is 6. The van der Waals surface area contributed by atoms with Crippen LogP contribution in [0.3, 0.4) is 0 Å². The molecule has 8 nitrogen and oxygen atoms in total. The Morgan fingerprint density at radius 2 is 1.06 bits per heavy atom. The second kappa shape index (κ2) is 16.1. The minimum absolute atomic E-state index is 0.0764. The summed E-state index contributed by atoms with van der Waals surface area (Å²) in [6, 6.07) is 14.9. The molecule has 2 aromatic rings. The molecule has 4 N–H and O–H groups in total. The summed E-state index contributed by atoms with van der Waals surface area (Å²) in [5.74, 6) is -0.745. The number of carbonyl (C=O) groups excluding carboxylic acids is 2. The second-order valence-corrected chi connectivity index (χ2v) is 16.5. The molecule has 0 heterocycles. The van der Waals surface area contributed by atoms with Gasteiger partial charge in [-0.3, -0.25) is 0 Å². The van der Waals surface area contributed by atoms with Gasteiger partial charge in [0.05, 0.1) is 0 Å². The third kappa shape index (κ3) is 10.7. The Hall–Kier alpha value is -1.68. The molecule has 0 aliphatic rings. The van der Waals surface area contributed by atoms with Gasteiger partial charge in [0.15, 0.2) is 0 Å². The van der Waals surface area contributed by atoms with Gasteiger partial charge in [-0.15, -0.1) is 0 Å². The maximum absolute atomic E-state index is 12.2. The first kappa shape index (κ1) is 28.6. The van der Waals surface area contributed by atoms with E-state index in [2.05, 4.69) is 52.8 Å². The summed E-state index contributed by atoms with van der Waals surface area (Å²) in [7, 11) is 0. The maximum atomic E-state index is 12.2. The monoisotopic (exact) mass is 726 g/mol. The van der Waals surface area contributed by atoms with Crippen LogP contribution in [0.2, 0.25) is 10.6 Å². The Morgan fingerprint density at radius 3 is 1.38 bits per heavy atom. The van der Waals surface area contributed by atoms with Gasteiger partial charge in [-0.05, 0) is 0 Å². The first-order valence-corrected chi connectivity index (χ1v) is 18.5. The average molecular weight is 726 g/mol. The molecule has 0 unspecified atom stereocenters. The summed E-state index contributed by atoms with van der Waals surface area (Å²) in [5, 5.41) is 31.9. The molecule has 0 spiro atoms. The number of halogens is 2. The molecule has 0 aliphatic carbocycles. The molecule has 0 radical (unpaired) electrons. The van der Waals surface area contributed by atoms with Crippen molar-refractivity contribution in [3.8, 4) is 0 Å². The molecule has 0 aliphatic heterocycles. The quantitative estimate of drug-likeness (QED) is 0.0834. The van der Waals surface area contributed by atoms with Crippen molar-refractivity contribution in [1.82, 2.24) is 10.6 Å². The topological polar surface area (TPSA) is 123 Å². The van der Waals surface area contributed by atoms with Crippen molar-refractivity contribution < 1.29 is 20.0 Å². The van der Waals surface area contributed by atoms with Crippen LogP contribution < -0.4 is 10.6 Å². The fraction of sp³-hybridized carbons (Fsp3) is 0.273. The normalized spacial score (nSPS) is 11.8. The summed E-state index contributed by atoms with van der Waals surface area (Å²) < 4.78 is 1.88. The van der Waals surface area contributed by atoms with E-state index < -0.39 is 0 Å². The third-order valence-corrected chi connectivity index (χ3v) is 12.8. The van der Waals surface area contributed by atoms with Crippen molar-refractivity contribution in [1.29, 1.82) is 0 Å². The van der Waals surface area contributed by atoms with Gasteiger partial charge in [0, 0.05) is 0 Å². The van der Waals surface area contributed by atoms with E-state index in [-0.39, 0.29) is 36.1 Å². The molecule has 34 heavy (non-hydrogen) atoms. The fourth-order valence-corrected chi connectivity index (χ4v) is 8.84. The Kier molecular flexibility index (Phi) is 13.5. The molecule has 12 heteroatoms. The van der Waals surface area contributed by atoms with Crippen LogP contribution in [0.25, 0.3) is 0 Å². The molecule has 2 rings (SSSR count). The summed E-state index contributed by atoms with van der Waals surface area (Å²) in [6.07, 6.45) is 0.511. The zero-order chi connectivity index (χ0) is 24.8. The number of hydrogen-bond donors (Lipinski definition) is 4. The number of rotatable bonds is 13. The average Bonchev–Trinajstić information content (AvgIpc) is 2.84. The van der Waals surface area contributed by atoms with Crippen molar-refractivity contribution >= 4 is 81.4 Å². The van der Waals surface area contributed by atoms with Crippen LogP contribution in [0, 0.1) is 0 Å². The minimum atomic E-state index is -0.373. The van der Waals surface area contributed by atoms with Crippen molar-refractivity contribution in [3.05, 3.63) is 68.6 Å². The van der Waals surface area contributed by atoms with E-state index >= 15 is 0 Å². The van der Waals surface area contributed by atoms with Gasteiger partial charge in [-0.2, -0.15) is 0 Å². The van der Waals surface area contributed by atoms with Crippen molar-refractivity contribution in [3.63, 3.8) is 0 Å². The van der Waals surface area contributed by atoms with E-state index in [1.165, 1.54) is 0 Å². The first-order valence-electron chi connectivity index (χ1n) is 10.1. The van der Waals surface area contributed by atoms with Crippen LogP contribution in [0.15, 0.2) is 67.8 Å². The van der Waals surface area contributed by atoms with Crippen molar-refractivity contribution in [2.45, 2.75) is 23.5 Å². The van der Waals surface area contributed by atoms with Crippen molar-refractivity contribution in [2.75, 3.05) is 13.1 Å². The van der Waals surface area contributed by atoms with E-state index in [1.807, 2.05) is 48.5 Å². The molecule has 182 valence electrons. The van der Waals surface area contributed by atoms with Gasteiger partial charge in [-0.25, -0.2) is 0 Å². The standard InChI is InChI=1S/C22H24Br2N4O4Se2/c23-17-5-1-15(2-6-17)13-19(27-31)21(29)25-9-11-33-34-12-10-26-22(30)20(28-32)14-16-3-7-18(24)8-4-16/h1-8,31-32H,9-14H2,(H,25,29)(H,26,30)/b27-19+,28-20+. The van der Waals surface area contributed by atoms with Gasteiger partial charge in [0.2, 0.25) is 0 Å². The zero-order valence-corrected chi connectivity index (χ0v) is 24.6. The Bertz CT molecular complexity index is 921. The number of benzene rings is 2. The van der Waals surface area contributed by atoms with Crippen LogP contribution in [0.5, 0.6) is 0 Å². The molecule has 0 saturated carbocycles. The van der Waals surface area contributed by atoms with Crippen LogP contribution >= 0.6 is 31.9 Å². The third-order valence-electron chi connectivity index (χ3n) is 4.36. The van der Waals surface area contributed by atoms with E-state index in [0.29, 0.717) is 39.4 Å². The summed E-state index contributed by atoms with van der Waals surface area (Å²) in [4.78, 5) is 24.4. The number of carbonyl (C=O) groups is 2. The molecule has 0 fully saturated rings. The van der Waals surface area contributed by atoms with Crippen LogP contribution in [0.4, 0.5) is 0 Å². The van der Waals surface area contributed by atoms with Gasteiger partial charge < -0.3 is 0 Å². The SMILES string of the molecule is O=C(NCC[Se][Se]CCNC(=O)/C(Cc1ccc(Br)cc1)=N/O)/C(Cc1ccc(Br)cc1)=N/O. The van der Waals surface area contributed by atoms with E-state index in [1.54, 1.807) is 0 Å². The number of nitrogens with zero attached hydrogens (tertiary/aromatic N) is 2. The molecular weight excluding hydrogens is 702 g/mol. The molecule has 0 aromatic heterocycles. The molecule has 0 atom stereocenters. The first-order chi connectivity index (χ1) is 16.4. The van der Waals surface area contributed by atoms with E-state index in [9.17, 15) is 20.0 Å². The van der Waals surface area contributed by atoms with E-state index in [0.717, 1.165) is 30.7 Å². The Balaban J connectivity index is 1.58. The molecule has 2 aromatic carbocycles. The number of nitrogens with one attached hydrogen (secondary N) is 2. The molecule has 0 bridgehead atoms. The predicted octanol–water partition coefficient (Wildman–Crippen LogP) is 3.05. The molecule has 2 amide bonds. The zero-order valence-electron chi connectivity index (χ0n) is 18.0. The Labute approximate surface area is 226 Å². The Morgan fingerprint density at radius 1 is 0.706 bits per heavy atom. The van der Waals surface area contributed by atoms with Gasteiger partial charge in [0.1, 0.15) is 0 Å². The van der Waals surface area contributed by atoms with Gasteiger partial charge in [-0.1, -0.05) is 0 Å². The van der Waals surface area contributed by atoms with Gasteiger partial charge in [0.25, 0.3) is 0 Å². The predicted molar refractivity (Wildman–Crippen MR) is 141 cm³/mol. The fourth-order valence-electron chi connectivity index (χ4n) is 2.65. The van der Waals surface area contributed by atoms with Crippen LogP contribution in [-0.2, 0) is 22.4 Å². The van der Waals surface area contributed by atoms with E-state index in [4.69, 9.17) is 0 Å². The summed E-state index contributed by atoms with van der Waals surface area (Å²) >= 11 is 7.44. The van der Waals surface area contributed by atoms with Crippen molar-refractivity contribution in [2.24, 2.45) is 10.3 Å². The summed E-state index contributed by atoms with van der Waals surface area (Å²) in [6.45, 7) is 1.03. The summed E-state index contributed by atoms with van der Waals surface area (Å²) in [5.41, 5.74) is 1.92. The second-order valence-electron chi connectivity index (χ2n) is 6.86. The number of amides is 2. The number of oxime groups is 2. The van der Waals surface area contributed by atoms with Gasteiger partial charge >= 0.3 is 227 Å².